The van der Waals surface area contributed by atoms with Gasteiger partial charge in [0.2, 0.25) is 10.0 Å². The van der Waals surface area contributed by atoms with Crippen LogP contribution in [0.4, 0.5) is 11.4 Å². The first-order valence-electron chi connectivity index (χ1n) is 8.75. The van der Waals surface area contributed by atoms with Crippen LogP contribution in [0, 0.1) is 10.1 Å². The van der Waals surface area contributed by atoms with Crippen LogP contribution >= 0.6 is 11.6 Å². The van der Waals surface area contributed by atoms with Crippen LogP contribution in [-0.4, -0.2) is 57.0 Å². The summed E-state index contributed by atoms with van der Waals surface area (Å²) in [4.78, 5) is 23.0. The lowest BCUT2D eigenvalue weighted by atomic mass is 10.1. The number of hydrogen-bond acceptors (Lipinski definition) is 7. The molecule has 12 heteroatoms. The third-order valence-electron chi connectivity index (χ3n) is 4.43. The molecule has 0 radical (unpaired) electrons. The normalized spacial score (nSPS) is 14.9. The zero-order chi connectivity index (χ0) is 21.9. The Bertz CT molecular complexity index is 1090. The molecule has 0 aromatic heterocycles. The van der Waals surface area contributed by atoms with Gasteiger partial charge in [-0.3, -0.25) is 14.9 Å². The van der Waals surface area contributed by atoms with E-state index in [2.05, 4.69) is 5.32 Å². The van der Waals surface area contributed by atoms with Gasteiger partial charge in [-0.1, -0.05) is 11.6 Å². The third-order valence-corrected chi connectivity index (χ3v) is 6.66. The highest BCUT2D eigenvalue weighted by Gasteiger charge is 2.27. The summed E-state index contributed by atoms with van der Waals surface area (Å²) in [6.45, 7) is 1.03. The highest BCUT2D eigenvalue weighted by molar-refractivity contribution is 7.89. The maximum absolute atomic E-state index is 12.9. The molecule has 0 atom stereocenters. The summed E-state index contributed by atoms with van der Waals surface area (Å²) in [6, 6.07) is 7.52. The molecule has 0 unspecified atom stereocenters. The van der Waals surface area contributed by atoms with Gasteiger partial charge < -0.3 is 14.8 Å². The summed E-state index contributed by atoms with van der Waals surface area (Å²) in [5.41, 5.74) is -0.353. The Labute approximate surface area is 177 Å². The van der Waals surface area contributed by atoms with Crippen LogP contribution in [0.3, 0.4) is 0 Å². The van der Waals surface area contributed by atoms with E-state index < -0.39 is 20.9 Å². The predicted molar refractivity (Wildman–Crippen MR) is 109 cm³/mol. The van der Waals surface area contributed by atoms with Crippen LogP contribution in [0.2, 0.25) is 5.02 Å². The molecule has 0 aliphatic carbocycles. The lowest BCUT2D eigenvalue weighted by Crippen LogP contribution is -2.40. The first kappa shape index (κ1) is 22.0. The molecule has 1 amide bonds. The van der Waals surface area contributed by atoms with Gasteiger partial charge in [0.05, 0.1) is 46.4 Å². The predicted octanol–water partition coefficient (Wildman–Crippen LogP) is 2.53. The summed E-state index contributed by atoms with van der Waals surface area (Å²) in [6.07, 6.45) is 0. The topological polar surface area (TPSA) is 128 Å². The number of rotatable bonds is 6. The lowest BCUT2D eigenvalue weighted by molar-refractivity contribution is -0.384. The van der Waals surface area contributed by atoms with Crippen LogP contribution < -0.4 is 10.1 Å². The Balaban J connectivity index is 1.94. The molecule has 10 nitrogen and oxygen atoms in total. The van der Waals surface area contributed by atoms with E-state index in [4.69, 9.17) is 21.1 Å². The lowest BCUT2D eigenvalue weighted by Gasteiger charge is -2.26. The number of sulfonamides is 1. The molecule has 0 spiro atoms. The number of nitro benzene ring substituents is 1. The molecule has 1 saturated heterocycles. The van der Waals surface area contributed by atoms with Crippen molar-refractivity contribution in [2.75, 3.05) is 38.7 Å². The molecule has 1 heterocycles. The number of halogens is 1. The smallest absolute Gasteiger partial charge is 0.270 e. The number of non-ortho nitro benzene ring substituents is 1. The van der Waals surface area contributed by atoms with Crippen molar-refractivity contribution in [3.8, 4) is 5.75 Å². The minimum Gasteiger partial charge on any atom is -0.495 e. The fourth-order valence-electron chi connectivity index (χ4n) is 2.87. The number of benzene rings is 2. The van der Waals surface area contributed by atoms with E-state index in [1.54, 1.807) is 0 Å². The quantitative estimate of drug-likeness (QED) is 0.523. The summed E-state index contributed by atoms with van der Waals surface area (Å²) >= 11 is 6.01. The first-order chi connectivity index (χ1) is 14.2. The van der Waals surface area contributed by atoms with E-state index in [9.17, 15) is 23.3 Å². The monoisotopic (exact) mass is 455 g/mol. The molecular formula is C18H18ClN3O7S. The van der Waals surface area contributed by atoms with Crippen LogP contribution in [0.15, 0.2) is 41.3 Å². The largest absolute Gasteiger partial charge is 0.495 e. The highest BCUT2D eigenvalue weighted by atomic mass is 35.5. The Morgan fingerprint density at radius 3 is 2.57 bits per heavy atom. The zero-order valence-electron chi connectivity index (χ0n) is 15.8. The van der Waals surface area contributed by atoms with Crippen molar-refractivity contribution in [3.05, 3.63) is 57.1 Å². The van der Waals surface area contributed by atoms with Crippen molar-refractivity contribution >= 4 is 38.9 Å². The second-order valence-electron chi connectivity index (χ2n) is 6.25. The third kappa shape index (κ3) is 4.54. The fourth-order valence-corrected chi connectivity index (χ4v) is 4.51. The van der Waals surface area contributed by atoms with Crippen molar-refractivity contribution in [2.45, 2.75) is 4.90 Å². The molecule has 1 N–H and O–H groups in total. The van der Waals surface area contributed by atoms with E-state index in [1.165, 1.54) is 41.7 Å². The van der Waals surface area contributed by atoms with E-state index >= 15 is 0 Å². The molecule has 3 rings (SSSR count). The average molecular weight is 456 g/mol. The number of anilines is 1. The minimum atomic E-state index is -3.80. The Hall–Kier alpha value is -2.73. The summed E-state index contributed by atoms with van der Waals surface area (Å²) in [7, 11) is -2.44. The van der Waals surface area contributed by atoms with Crippen LogP contribution in [0.1, 0.15) is 10.4 Å². The standard InChI is InChI=1S/C18H18ClN3O7S/c1-28-17-5-3-13(30(26,27)21-6-8-29-9-7-21)11-16(17)20-18(23)14-10-12(22(24)25)2-4-15(14)19/h2-5,10-11H,6-9H2,1H3,(H,20,23). The van der Waals surface area contributed by atoms with Crippen molar-refractivity contribution in [1.29, 1.82) is 0 Å². The number of ether oxygens (including phenoxy) is 2. The van der Waals surface area contributed by atoms with Gasteiger partial charge in [-0.05, 0) is 24.3 Å². The van der Waals surface area contributed by atoms with Gasteiger partial charge in [-0.25, -0.2) is 8.42 Å². The van der Waals surface area contributed by atoms with E-state index in [0.717, 1.165) is 6.07 Å². The zero-order valence-corrected chi connectivity index (χ0v) is 17.4. The number of amides is 1. The number of morpholine rings is 1. The second-order valence-corrected chi connectivity index (χ2v) is 8.60. The van der Waals surface area contributed by atoms with Crippen molar-refractivity contribution in [1.82, 2.24) is 4.31 Å². The highest BCUT2D eigenvalue weighted by Crippen LogP contribution is 2.31. The molecule has 2 aromatic rings. The molecule has 0 bridgehead atoms. The van der Waals surface area contributed by atoms with Gasteiger partial charge in [0.15, 0.2) is 0 Å². The maximum Gasteiger partial charge on any atom is 0.270 e. The average Bonchev–Trinajstić information content (AvgIpc) is 2.74. The Morgan fingerprint density at radius 2 is 1.93 bits per heavy atom. The van der Waals surface area contributed by atoms with Gasteiger partial charge in [0.1, 0.15) is 5.75 Å². The Morgan fingerprint density at radius 1 is 1.23 bits per heavy atom. The molecule has 160 valence electrons. The number of hydrogen-bond donors (Lipinski definition) is 1. The van der Waals surface area contributed by atoms with E-state index in [0.29, 0.717) is 13.2 Å². The SMILES string of the molecule is COc1ccc(S(=O)(=O)N2CCOCC2)cc1NC(=O)c1cc([N+](=O)[O-])ccc1Cl. The van der Waals surface area contributed by atoms with Crippen LogP contribution in [-0.2, 0) is 14.8 Å². The first-order valence-corrected chi connectivity index (χ1v) is 10.6. The van der Waals surface area contributed by atoms with Gasteiger partial charge in [-0.15, -0.1) is 0 Å². The number of nitrogens with one attached hydrogen (secondary N) is 1. The second kappa shape index (κ2) is 8.96. The summed E-state index contributed by atoms with van der Waals surface area (Å²) < 4.78 is 37.5. The van der Waals surface area contributed by atoms with Gasteiger partial charge in [0.25, 0.3) is 11.6 Å². The minimum absolute atomic E-state index is 0.00848. The van der Waals surface area contributed by atoms with Crippen LogP contribution in [0.25, 0.3) is 0 Å². The molecule has 1 aliphatic heterocycles. The maximum atomic E-state index is 12.9. The van der Waals surface area contributed by atoms with Crippen molar-refractivity contribution in [3.63, 3.8) is 0 Å². The number of carbonyl (C=O) groups excluding carboxylic acids is 1. The number of nitrogens with zero attached hydrogens (tertiary/aromatic N) is 2. The van der Waals surface area contributed by atoms with Gasteiger partial charge in [-0.2, -0.15) is 4.31 Å². The molecule has 1 fully saturated rings. The number of carbonyl (C=O) groups is 1. The summed E-state index contributed by atoms with van der Waals surface area (Å²) in [5.74, 6) is -0.534. The summed E-state index contributed by atoms with van der Waals surface area (Å²) in [5, 5.41) is 13.5. The number of nitro groups is 1. The Kier molecular flexibility index (Phi) is 6.56. The molecule has 0 saturated carbocycles. The van der Waals surface area contributed by atoms with E-state index in [-0.39, 0.29) is 45.7 Å². The number of methoxy groups -OCH3 is 1. The molecule has 1 aliphatic rings. The van der Waals surface area contributed by atoms with E-state index in [1.807, 2.05) is 0 Å². The van der Waals surface area contributed by atoms with Gasteiger partial charge in [0, 0.05) is 25.2 Å². The molecular weight excluding hydrogens is 438 g/mol. The van der Waals surface area contributed by atoms with Gasteiger partial charge >= 0.3 is 0 Å². The van der Waals surface area contributed by atoms with Crippen LogP contribution in [0.5, 0.6) is 5.75 Å². The van der Waals surface area contributed by atoms with Crippen molar-refractivity contribution in [2.24, 2.45) is 0 Å². The molecule has 2 aromatic carbocycles. The van der Waals surface area contributed by atoms with Crippen molar-refractivity contribution < 1.29 is 27.6 Å². The fraction of sp³-hybridized carbons (Fsp3) is 0.278. The molecule has 30 heavy (non-hydrogen) atoms.